The highest BCUT2D eigenvalue weighted by molar-refractivity contribution is 5.89. The predicted octanol–water partition coefficient (Wildman–Crippen LogP) is 3.73. The monoisotopic (exact) mass is 339 g/mol. The summed E-state index contributed by atoms with van der Waals surface area (Å²) in [6.07, 6.45) is 1.10. The average Bonchev–Trinajstić information content (AvgIpc) is 3.12. The lowest BCUT2D eigenvalue weighted by Crippen LogP contribution is -2.34. The van der Waals surface area contributed by atoms with E-state index in [0.29, 0.717) is 19.1 Å². The summed E-state index contributed by atoms with van der Waals surface area (Å²) in [7, 11) is 0. The number of rotatable bonds is 6. The minimum absolute atomic E-state index is 0.165. The van der Waals surface area contributed by atoms with E-state index in [1.165, 1.54) is 5.69 Å². The summed E-state index contributed by atoms with van der Waals surface area (Å²) in [6.45, 7) is 5.28. The Labute approximate surface area is 149 Å². The molecular formula is C20H25N3O2. The van der Waals surface area contributed by atoms with E-state index in [4.69, 9.17) is 4.74 Å². The van der Waals surface area contributed by atoms with Crippen LogP contribution in [0.1, 0.15) is 13.3 Å². The van der Waals surface area contributed by atoms with Gasteiger partial charge in [0.1, 0.15) is 5.75 Å². The number of urea groups is 1. The fourth-order valence-electron chi connectivity index (χ4n) is 3.09. The standard InChI is InChI=1S/C20H25N3O2/c1-2-25-19-10-8-17(9-11-19)22-20(24)21-14-16-12-13-23(15-16)18-6-4-3-5-7-18/h3-11,16H,2,12-15H2,1H3,(H2,21,22,24)/t16-/m0/s1. The van der Waals surface area contributed by atoms with Gasteiger partial charge in [-0.25, -0.2) is 4.79 Å². The second kappa shape index (κ2) is 8.42. The van der Waals surface area contributed by atoms with Gasteiger partial charge in [0.25, 0.3) is 0 Å². The maximum Gasteiger partial charge on any atom is 0.319 e. The van der Waals surface area contributed by atoms with E-state index in [1.54, 1.807) is 0 Å². The lowest BCUT2D eigenvalue weighted by molar-refractivity contribution is 0.250. The Morgan fingerprint density at radius 1 is 1.16 bits per heavy atom. The van der Waals surface area contributed by atoms with Crippen LogP contribution in [0.25, 0.3) is 0 Å². The van der Waals surface area contributed by atoms with Crippen molar-refractivity contribution in [2.75, 3.05) is 36.5 Å². The molecule has 5 heteroatoms. The maximum atomic E-state index is 12.1. The number of carbonyl (C=O) groups excluding carboxylic acids is 1. The van der Waals surface area contributed by atoms with Crippen molar-refractivity contribution in [3.63, 3.8) is 0 Å². The molecule has 0 radical (unpaired) electrons. The largest absolute Gasteiger partial charge is 0.494 e. The van der Waals surface area contributed by atoms with Crippen LogP contribution in [0.15, 0.2) is 54.6 Å². The number of benzene rings is 2. The van der Waals surface area contributed by atoms with E-state index in [2.05, 4.69) is 39.8 Å². The Bertz CT molecular complexity index is 673. The van der Waals surface area contributed by atoms with Crippen molar-refractivity contribution in [1.82, 2.24) is 5.32 Å². The lowest BCUT2D eigenvalue weighted by Gasteiger charge is -2.18. The van der Waals surface area contributed by atoms with E-state index in [-0.39, 0.29) is 6.03 Å². The lowest BCUT2D eigenvalue weighted by atomic mass is 10.1. The summed E-state index contributed by atoms with van der Waals surface area (Å²) < 4.78 is 5.39. The number of hydrogen-bond acceptors (Lipinski definition) is 3. The normalized spacial score (nSPS) is 16.5. The van der Waals surface area contributed by atoms with Crippen molar-refractivity contribution >= 4 is 17.4 Å². The van der Waals surface area contributed by atoms with E-state index in [0.717, 1.165) is 30.9 Å². The second-order valence-electron chi connectivity index (χ2n) is 6.23. The van der Waals surface area contributed by atoms with Crippen molar-refractivity contribution < 1.29 is 9.53 Å². The highest BCUT2D eigenvalue weighted by Gasteiger charge is 2.22. The molecule has 1 aliphatic heterocycles. The molecule has 5 nitrogen and oxygen atoms in total. The third-order valence-corrected chi connectivity index (χ3v) is 4.38. The smallest absolute Gasteiger partial charge is 0.319 e. The number of nitrogens with one attached hydrogen (secondary N) is 2. The Kier molecular flexibility index (Phi) is 5.77. The van der Waals surface area contributed by atoms with Gasteiger partial charge in [-0.05, 0) is 55.7 Å². The molecule has 0 unspecified atom stereocenters. The second-order valence-corrected chi connectivity index (χ2v) is 6.23. The summed E-state index contributed by atoms with van der Waals surface area (Å²) in [6, 6.07) is 17.7. The Morgan fingerprint density at radius 3 is 2.64 bits per heavy atom. The minimum Gasteiger partial charge on any atom is -0.494 e. The Morgan fingerprint density at radius 2 is 1.92 bits per heavy atom. The van der Waals surface area contributed by atoms with E-state index in [1.807, 2.05) is 37.3 Å². The van der Waals surface area contributed by atoms with Crippen LogP contribution in [-0.4, -0.2) is 32.3 Å². The van der Waals surface area contributed by atoms with Crippen LogP contribution < -0.4 is 20.3 Å². The van der Waals surface area contributed by atoms with Crippen LogP contribution in [0.3, 0.4) is 0 Å². The molecule has 2 aromatic rings. The SMILES string of the molecule is CCOc1ccc(NC(=O)NC[C@@H]2CCN(c3ccccc3)C2)cc1. The highest BCUT2D eigenvalue weighted by atomic mass is 16.5. The van der Waals surface area contributed by atoms with Gasteiger partial charge in [-0.1, -0.05) is 18.2 Å². The number of anilines is 2. The van der Waals surface area contributed by atoms with Crippen LogP contribution >= 0.6 is 0 Å². The van der Waals surface area contributed by atoms with E-state index >= 15 is 0 Å². The Hall–Kier alpha value is -2.69. The summed E-state index contributed by atoms with van der Waals surface area (Å²) in [5.74, 6) is 1.28. The number of nitrogens with zero attached hydrogens (tertiary/aromatic N) is 1. The first-order chi connectivity index (χ1) is 12.2. The van der Waals surface area contributed by atoms with Gasteiger partial charge >= 0.3 is 6.03 Å². The number of ether oxygens (including phenoxy) is 1. The summed E-state index contributed by atoms with van der Waals surface area (Å²) in [4.78, 5) is 14.4. The quantitative estimate of drug-likeness (QED) is 0.843. The van der Waals surface area contributed by atoms with Gasteiger partial charge in [-0.15, -0.1) is 0 Å². The molecule has 1 fully saturated rings. The van der Waals surface area contributed by atoms with Gasteiger partial charge in [-0.2, -0.15) is 0 Å². The summed E-state index contributed by atoms with van der Waals surface area (Å²) >= 11 is 0. The molecule has 2 N–H and O–H groups in total. The Balaban J connectivity index is 1.42. The van der Waals surface area contributed by atoms with E-state index < -0.39 is 0 Å². The first kappa shape index (κ1) is 17.1. The zero-order valence-corrected chi connectivity index (χ0v) is 14.6. The molecule has 2 aromatic carbocycles. The molecule has 0 bridgehead atoms. The van der Waals surface area contributed by atoms with Crippen LogP contribution in [-0.2, 0) is 0 Å². The van der Waals surface area contributed by atoms with Crippen molar-refractivity contribution in [2.45, 2.75) is 13.3 Å². The molecule has 1 aliphatic rings. The molecule has 25 heavy (non-hydrogen) atoms. The van der Waals surface area contributed by atoms with Gasteiger partial charge in [0.15, 0.2) is 0 Å². The molecule has 1 atom stereocenters. The van der Waals surface area contributed by atoms with Crippen molar-refractivity contribution in [3.05, 3.63) is 54.6 Å². The van der Waals surface area contributed by atoms with Gasteiger partial charge in [-0.3, -0.25) is 0 Å². The number of carbonyl (C=O) groups is 1. The number of amides is 2. The fourth-order valence-corrected chi connectivity index (χ4v) is 3.09. The van der Waals surface area contributed by atoms with Crippen molar-refractivity contribution in [1.29, 1.82) is 0 Å². The zero-order chi connectivity index (χ0) is 17.5. The van der Waals surface area contributed by atoms with Crippen LogP contribution in [0, 0.1) is 5.92 Å². The van der Waals surface area contributed by atoms with Crippen molar-refractivity contribution in [3.8, 4) is 5.75 Å². The molecule has 2 amide bonds. The topological polar surface area (TPSA) is 53.6 Å². The highest BCUT2D eigenvalue weighted by Crippen LogP contribution is 2.23. The average molecular weight is 339 g/mol. The molecule has 0 aliphatic carbocycles. The van der Waals surface area contributed by atoms with Gasteiger partial charge in [0.05, 0.1) is 6.61 Å². The summed E-state index contributed by atoms with van der Waals surface area (Å²) in [5, 5.41) is 5.84. The van der Waals surface area contributed by atoms with Gasteiger partial charge in [0, 0.05) is 31.0 Å². The molecular weight excluding hydrogens is 314 g/mol. The molecule has 0 spiro atoms. The third-order valence-electron chi connectivity index (χ3n) is 4.38. The van der Waals surface area contributed by atoms with E-state index in [9.17, 15) is 4.79 Å². The molecule has 132 valence electrons. The molecule has 0 saturated carbocycles. The third kappa shape index (κ3) is 4.89. The van der Waals surface area contributed by atoms with Gasteiger partial charge in [0.2, 0.25) is 0 Å². The number of hydrogen-bond donors (Lipinski definition) is 2. The van der Waals surface area contributed by atoms with Crippen molar-refractivity contribution in [2.24, 2.45) is 5.92 Å². The van der Waals surface area contributed by atoms with Crippen LogP contribution in [0.2, 0.25) is 0 Å². The van der Waals surface area contributed by atoms with Gasteiger partial charge < -0.3 is 20.3 Å². The van der Waals surface area contributed by atoms with Crippen LogP contribution in [0.4, 0.5) is 16.2 Å². The minimum atomic E-state index is -0.165. The molecule has 1 saturated heterocycles. The summed E-state index contributed by atoms with van der Waals surface area (Å²) in [5.41, 5.74) is 2.02. The first-order valence-electron chi connectivity index (χ1n) is 8.82. The zero-order valence-electron chi connectivity index (χ0n) is 14.6. The molecule has 3 rings (SSSR count). The molecule has 1 heterocycles. The predicted molar refractivity (Wildman–Crippen MR) is 101 cm³/mol. The molecule has 0 aromatic heterocycles. The number of para-hydroxylation sites is 1. The maximum absolute atomic E-state index is 12.1. The fraction of sp³-hybridized carbons (Fsp3) is 0.350. The van der Waals surface area contributed by atoms with Crippen LogP contribution in [0.5, 0.6) is 5.75 Å². The first-order valence-corrected chi connectivity index (χ1v) is 8.82.